The monoisotopic (exact) mass is 448 g/mol. The number of hydrogen-bond donors (Lipinski definition) is 3. The summed E-state index contributed by atoms with van der Waals surface area (Å²) in [6.45, 7) is 12.4. The third-order valence-corrected chi connectivity index (χ3v) is 5.32. The van der Waals surface area contributed by atoms with Crippen molar-refractivity contribution in [3.63, 3.8) is 0 Å². The van der Waals surface area contributed by atoms with Crippen LogP contribution in [0.3, 0.4) is 0 Å². The number of hydrogen-bond acceptors (Lipinski definition) is 4. The van der Waals surface area contributed by atoms with Crippen LogP contribution in [0.15, 0.2) is 52.9 Å². The van der Waals surface area contributed by atoms with Gasteiger partial charge < -0.3 is 24.9 Å². The lowest BCUT2D eigenvalue weighted by atomic mass is 10.2. The van der Waals surface area contributed by atoms with E-state index in [0.717, 1.165) is 35.1 Å². The van der Waals surface area contributed by atoms with Crippen LogP contribution in [0.25, 0.3) is 21.9 Å². The van der Waals surface area contributed by atoms with Gasteiger partial charge in [-0.2, -0.15) is 0 Å². The lowest BCUT2D eigenvalue weighted by Crippen LogP contribution is -2.22. The third-order valence-electron chi connectivity index (χ3n) is 5.32. The fourth-order valence-electron chi connectivity index (χ4n) is 3.70. The summed E-state index contributed by atoms with van der Waals surface area (Å²) in [5, 5.41) is 7.37. The van der Waals surface area contributed by atoms with E-state index in [1.807, 2.05) is 51.1 Å². The predicted octanol–water partition coefficient (Wildman–Crippen LogP) is 5.79. The van der Waals surface area contributed by atoms with E-state index in [-0.39, 0.29) is 17.6 Å². The molecule has 0 atom stereocenters. The van der Waals surface area contributed by atoms with Crippen molar-refractivity contribution >= 4 is 45.1 Å². The molecule has 174 valence electrons. The zero-order valence-electron chi connectivity index (χ0n) is 19.9. The van der Waals surface area contributed by atoms with Crippen LogP contribution in [-0.4, -0.2) is 36.4 Å². The van der Waals surface area contributed by atoms with Crippen LogP contribution in [0, 0.1) is 0 Å². The summed E-state index contributed by atoms with van der Waals surface area (Å²) in [5.74, 6) is -0.223. The van der Waals surface area contributed by atoms with E-state index in [2.05, 4.69) is 34.4 Å². The molecule has 0 aliphatic heterocycles. The molecular weight excluding hydrogens is 416 g/mol. The summed E-state index contributed by atoms with van der Waals surface area (Å²) in [6, 6.07) is 14.9. The first-order chi connectivity index (χ1) is 16.0. The highest BCUT2D eigenvalue weighted by Gasteiger charge is 2.15. The maximum absolute atomic E-state index is 12.8. The number of fused-ring (bicyclic) bond motifs is 2. The molecule has 0 saturated carbocycles. The largest absolute Gasteiger partial charge is 0.451 e. The molecule has 0 bridgehead atoms. The maximum Gasteiger partial charge on any atom is 0.291 e. The number of benzene rings is 2. The Morgan fingerprint density at radius 1 is 0.909 bits per heavy atom. The van der Waals surface area contributed by atoms with Crippen LogP contribution in [0.2, 0.25) is 0 Å². The lowest BCUT2D eigenvalue weighted by molar-refractivity contribution is 0.0950. The summed E-state index contributed by atoms with van der Waals surface area (Å²) >= 11 is 0. The molecule has 0 saturated heterocycles. The van der Waals surface area contributed by atoms with E-state index in [1.165, 1.54) is 0 Å². The Morgan fingerprint density at radius 2 is 1.67 bits per heavy atom. The Bertz CT molecular complexity index is 1250. The Hall–Kier alpha value is -3.74. The molecule has 3 N–H and O–H groups in total. The second kappa shape index (κ2) is 10.7. The SMILES string of the molecule is CC.CCNC(=O)c1cc2cc(NC(=O)c3cc4ccc(N(CC)CC)cc4o3)ccc2[nH]1. The second-order valence-corrected chi connectivity index (χ2v) is 7.30. The van der Waals surface area contributed by atoms with Crippen molar-refractivity contribution in [3.05, 3.63) is 60.0 Å². The predicted molar refractivity (Wildman–Crippen MR) is 135 cm³/mol. The molecule has 2 aromatic carbocycles. The highest BCUT2D eigenvalue weighted by atomic mass is 16.3. The highest BCUT2D eigenvalue weighted by molar-refractivity contribution is 6.06. The summed E-state index contributed by atoms with van der Waals surface area (Å²) in [5.41, 5.74) is 3.69. The van der Waals surface area contributed by atoms with Gasteiger partial charge in [0.2, 0.25) is 0 Å². The molecule has 0 fully saturated rings. The summed E-state index contributed by atoms with van der Waals surface area (Å²) in [7, 11) is 0. The fraction of sp³-hybridized carbons (Fsp3) is 0.308. The van der Waals surface area contributed by atoms with Crippen molar-refractivity contribution in [2.75, 3.05) is 29.9 Å². The molecule has 0 aliphatic rings. The number of carbonyl (C=O) groups is 2. The van der Waals surface area contributed by atoms with Gasteiger partial charge in [-0.3, -0.25) is 9.59 Å². The second-order valence-electron chi connectivity index (χ2n) is 7.30. The van der Waals surface area contributed by atoms with E-state index in [4.69, 9.17) is 4.42 Å². The molecule has 0 aliphatic carbocycles. The van der Waals surface area contributed by atoms with Gasteiger partial charge in [-0.15, -0.1) is 0 Å². The Balaban J connectivity index is 0.00000149. The first kappa shape index (κ1) is 23.9. The van der Waals surface area contributed by atoms with Crippen molar-refractivity contribution in [1.82, 2.24) is 10.3 Å². The molecule has 2 aromatic heterocycles. The number of aromatic amines is 1. The zero-order chi connectivity index (χ0) is 24.0. The van der Waals surface area contributed by atoms with Gasteiger partial charge in [0.15, 0.2) is 5.76 Å². The molecular formula is C26H32N4O3. The Labute approximate surface area is 194 Å². The number of furan rings is 1. The molecule has 4 aromatic rings. The number of nitrogens with one attached hydrogen (secondary N) is 3. The fourth-order valence-corrected chi connectivity index (χ4v) is 3.70. The van der Waals surface area contributed by atoms with Gasteiger partial charge in [-0.05, 0) is 63.2 Å². The highest BCUT2D eigenvalue weighted by Crippen LogP contribution is 2.26. The molecule has 7 nitrogen and oxygen atoms in total. The summed E-state index contributed by atoms with van der Waals surface area (Å²) in [6.07, 6.45) is 0. The molecule has 7 heteroatoms. The minimum Gasteiger partial charge on any atom is -0.451 e. The smallest absolute Gasteiger partial charge is 0.291 e. The quantitative estimate of drug-likeness (QED) is 0.334. The standard InChI is InChI=1S/C24H26N4O3.C2H6/c1-4-25-23(29)20-12-16-11-17(8-10-19(16)27-20)26-24(30)22-13-15-7-9-18(14-21(15)31-22)28(5-2)6-3;1-2/h7-14,27H,4-6H2,1-3H3,(H,25,29)(H,26,30);1-2H3. The van der Waals surface area contributed by atoms with Gasteiger partial charge in [0.25, 0.3) is 11.8 Å². The van der Waals surface area contributed by atoms with E-state index in [1.54, 1.807) is 18.2 Å². The van der Waals surface area contributed by atoms with E-state index in [9.17, 15) is 9.59 Å². The summed E-state index contributed by atoms with van der Waals surface area (Å²) < 4.78 is 5.83. The minimum absolute atomic E-state index is 0.157. The number of amides is 2. The van der Waals surface area contributed by atoms with Crippen LogP contribution in [0.5, 0.6) is 0 Å². The van der Waals surface area contributed by atoms with Gasteiger partial charge in [0, 0.05) is 53.4 Å². The molecule has 4 rings (SSSR count). The maximum atomic E-state index is 12.8. The molecule has 33 heavy (non-hydrogen) atoms. The van der Waals surface area contributed by atoms with Gasteiger partial charge in [-0.1, -0.05) is 13.8 Å². The zero-order valence-corrected chi connectivity index (χ0v) is 19.9. The van der Waals surface area contributed by atoms with Crippen LogP contribution in [0.4, 0.5) is 11.4 Å². The first-order valence-electron chi connectivity index (χ1n) is 11.5. The van der Waals surface area contributed by atoms with Crippen LogP contribution in [0.1, 0.15) is 55.7 Å². The number of rotatable bonds is 7. The number of H-pyrrole nitrogens is 1. The third kappa shape index (κ3) is 5.19. The molecule has 0 spiro atoms. The van der Waals surface area contributed by atoms with Crippen molar-refractivity contribution in [1.29, 1.82) is 0 Å². The average molecular weight is 449 g/mol. The molecule has 0 radical (unpaired) electrons. The normalized spacial score (nSPS) is 10.6. The van der Waals surface area contributed by atoms with E-state index >= 15 is 0 Å². The minimum atomic E-state index is -0.320. The summed E-state index contributed by atoms with van der Waals surface area (Å²) in [4.78, 5) is 30.1. The van der Waals surface area contributed by atoms with Crippen LogP contribution >= 0.6 is 0 Å². The van der Waals surface area contributed by atoms with Crippen LogP contribution < -0.4 is 15.5 Å². The van der Waals surface area contributed by atoms with Gasteiger partial charge in [-0.25, -0.2) is 0 Å². The molecule has 2 heterocycles. The topological polar surface area (TPSA) is 90.4 Å². The molecule has 2 amide bonds. The Morgan fingerprint density at radius 3 is 2.36 bits per heavy atom. The van der Waals surface area contributed by atoms with Crippen LogP contribution in [-0.2, 0) is 0 Å². The lowest BCUT2D eigenvalue weighted by Gasteiger charge is -2.20. The number of nitrogens with zero attached hydrogens (tertiary/aromatic N) is 1. The average Bonchev–Trinajstić information content (AvgIpc) is 3.45. The number of anilines is 2. The first-order valence-corrected chi connectivity index (χ1v) is 11.5. The Kier molecular flexibility index (Phi) is 7.77. The van der Waals surface area contributed by atoms with Crippen molar-refractivity contribution in [2.45, 2.75) is 34.6 Å². The number of aromatic nitrogens is 1. The van der Waals surface area contributed by atoms with E-state index < -0.39 is 0 Å². The molecule has 0 unspecified atom stereocenters. The van der Waals surface area contributed by atoms with Crippen molar-refractivity contribution in [3.8, 4) is 0 Å². The van der Waals surface area contributed by atoms with Crippen molar-refractivity contribution in [2.24, 2.45) is 0 Å². The van der Waals surface area contributed by atoms with E-state index in [0.29, 0.717) is 23.5 Å². The number of carbonyl (C=O) groups excluding carboxylic acids is 2. The van der Waals surface area contributed by atoms with Crippen molar-refractivity contribution < 1.29 is 14.0 Å². The van der Waals surface area contributed by atoms with Gasteiger partial charge in [0.1, 0.15) is 11.3 Å². The van der Waals surface area contributed by atoms with Gasteiger partial charge in [0.05, 0.1) is 0 Å². The van der Waals surface area contributed by atoms with Gasteiger partial charge >= 0.3 is 0 Å².